The standard InChI is InChI=1S/C32H34N4O4/c1-21(2)24-13-11-22(12-14-24)16-32(29(38)33-31(40)36(30(32)39)26-7-4-3-5-8-26)20-34-17-23-15-25(19-34)27-9-6-10-28(37)35(27)18-23/h3-14,21,23,25H,15-20H2,1-2H3,(H,33,38,40)/t23?,25-,32?/m1/s1. The van der Waals surface area contributed by atoms with Crippen LogP contribution in [0.25, 0.3) is 0 Å². The predicted molar refractivity (Wildman–Crippen MR) is 152 cm³/mol. The number of hydrogen-bond donors (Lipinski definition) is 1. The van der Waals surface area contributed by atoms with Crippen LogP contribution < -0.4 is 15.8 Å². The summed E-state index contributed by atoms with van der Waals surface area (Å²) in [6.07, 6.45) is 1.15. The van der Waals surface area contributed by atoms with Gasteiger partial charge < -0.3 is 9.47 Å². The molecule has 8 heteroatoms. The van der Waals surface area contributed by atoms with Crippen LogP contribution in [-0.2, 0) is 22.6 Å². The minimum absolute atomic E-state index is 0.0146. The number of aromatic nitrogens is 1. The van der Waals surface area contributed by atoms with Crippen LogP contribution in [0.2, 0.25) is 0 Å². The van der Waals surface area contributed by atoms with Crippen molar-refractivity contribution < 1.29 is 14.4 Å². The van der Waals surface area contributed by atoms with Gasteiger partial charge in [-0.2, -0.15) is 0 Å². The Bertz CT molecular complexity index is 1510. The van der Waals surface area contributed by atoms with E-state index in [9.17, 15) is 19.2 Å². The van der Waals surface area contributed by atoms with Gasteiger partial charge in [-0.25, -0.2) is 9.69 Å². The van der Waals surface area contributed by atoms with Crippen LogP contribution in [0, 0.1) is 11.3 Å². The highest BCUT2D eigenvalue weighted by Gasteiger charge is 2.55. The number of benzene rings is 2. The summed E-state index contributed by atoms with van der Waals surface area (Å²) >= 11 is 0. The first kappa shape index (κ1) is 26.2. The van der Waals surface area contributed by atoms with E-state index < -0.39 is 23.3 Å². The van der Waals surface area contributed by atoms with Gasteiger partial charge in [0.2, 0.25) is 5.91 Å². The molecule has 3 aliphatic heterocycles. The van der Waals surface area contributed by atoms with Crippen molar-refractivity contribution in [3.63, 3.8) is 0 Å². The number of pyridine rings is 1. The molecule has 2 unspecified atom stereocenters. The van der Waals surface area contributed by atoms with Gasteiger partial charge in [0.25, 0.3) is 11.5 Å². The summed E-state index contributed by atoms with van der Waals surface area (Å²) in [5.41, 5.74) is 2.00. The first-order valence-corrected chi connectivity index (χ1v) is 14.0. The van der Waals surface area contributed by atoms with Gasteiger partial charge in [0.1, 0.15) is 5.41 Å². The van der Waals surface area contributed by atoms with Crippen molar-refractivity contribution >= 4 is 23.5 Å². The Hall–Kier alpha value is -4.04. The number of anilines is 1. The molecule has 2 fully saturated rings. The van der Waals surface area contributed by atoms with E-state index in [-0.39, 0.29) is 30.4 Å². The highest BCUT2D eigenvalue weighted by molar-refractivity contribution is 6.30. The maximum absolute atomic E-state index is 14.4. The number of para-hydroxylation sites is 1. The van der Waals surface area contributed by atoms with Gasteiger partial charge in [-0.15, -0.1) is 0 Å². The number of fused-ring (bicyclic) bond motifs is 4. The first-order chi connectivity index (χ1) is 19.2. The summed E-state index contributed by atoms with van der Waals surface area (Å²) in [7, 11) is 0. The van der Waals surface area contributed by atoms with Crippen molar-refractivity contribution in [3.05, 3.63) is 100.0 Å². The number of urea groups is 1. The highest BCUT2D eigenvalue weighted by Crippen LogP contribution is 2.39. The number of barbiturate groups is 1. The molecular weight excluding hydrogens is 504 g/mol. The van der Waals surface area contributed by atoms with E-state index in [1.54, 1.807) is 36.4 Å². The van der Waals surface area contributed by atoms with E-state index >= 15 is 0 Å². The number of rotatable bonds is 6. The summed E-state index contributed by atoms with van der Waals surface area (Å²) in [5.74, 6) is -0.334. The van der Waals surface area contributed by atoms with Crippen LogP contribution in [0.3, 0.4) is 0 Å². The fourth-order valence-electron chi connectivity index (χ4n) is 6.71. The lowest BCUT2D eigenvalue weighted by Gasteiger charge is -2.47. The van der Waals surface area contributed by atoms with Crippen LogP contribution in [0.15, 0.2) is 77.6 Å². The van der Waals surface area contributed by atoms with Crippen molar-refractivity contribution in [2.75, 3.05) is 24.5 Å². The lowest BCUT2D eigenvalue weighted by Crippen LogP contribution is -2.68. The largest absolute Gasteiger partial charge is 0.335 e. The summed E-state index contributed by atoms with van der Waals surface area (Å²) in [6.45, 7) is 6.36. The molecule has 3 aromatic rings. The highest BCUT2D eigenvalue weighted by atomic mass is 16.2. The third-order valence-corrected chi connectivity index (χ3v) is 8.69. The average Bonchev–Trinajstić information content (AvgIpc) is 2.93. The van der Waals surface area contributed by atoms with Gasteiger partial charge >= 0.3 is 6.03 Å². The molecule has 3 atom stereocenters. The first-order valence-electron chi connectivity index (χ1n) is 14.0. The molecule has 8 nitrogen and oxygen atoms in total. The molecule has 1 aromatic heterocycles. The van der Waals surface area contributed by atoms with Crippen molar-refractivity contribution in [3.8, 4) is 0 Å². The molecule has 0 spiro atoms. The van der Waals surface area contributed by atoms with Crippen LogP contribution in [0.1, 0.15) is 48.9 Å². The van der Waals surface area contributed by atoms with E-state index in [0.29, 0.717) is 31.2 Å². The molecule has 206 valence electrons. The van der Waals surface area contributed by atoms with Crippen LogP contribution in [0.4, 0.5) is 10.5 Å². The number of hydrogen-bond acceptors (Lipinski definition) is 5. The number of amides is 4. The van der Waals surface area contributed by atoms with Crippen LogP contribution in [0.5, 0.6) is 0 Å². The smallest absolute Gasteiger partial charge is 0.312 e. The summed E-state index contributed by atoms with van der Waals surface area (Å²) in [5, 5.41) is 2.52. The topological polar surface area (TPSA) is 91.7 Å². The van der Waals surface area contributed by atoms with Crippen molar-refractivity contribution in [2.45, 2.75) is 45.1 Å². The zero-order valence-electron chi connectivity index (χ0n) is 22.9. The lowest BCUT2D eigenvalue weighted by atomic mass is 9.75. The summed E-state index contributed by atoms with van der Waals surface area (Å²) in [6, 6.07) is 21.5. The second-order valence-corrected chi connectivity index (χ2v) is 11.8. The Balaban J connectivity index is 1.37. The van der Waals surface area contributed by atoms with Gasteiger partial charge in [0.05, 0.1) is 5.69 Å². The van der Waals surface area contributed by atoms with Gasteiger partial charge in [0.15, 0.2) is 0 Å². The molecule has 2 aromatic carbocycles. The van der Waals surface area contributed by atoms with Gasteiger partial charge in [0, 0.05) is 43.9 Å². The molecule has 4 amide bonds. The number of nitrogens with one attached hydrogen (secondary N) is 1. The van der Waals surface area contributed by atoms with E-state index in [1.807, 2.05) is 41.0 Å². The maximum atomic E-state index is 14.4. The van der Waals surface area contributed by atoms with E-state index in [1.165, 1.54) is 5.56 Å². The van der Waals surface area contributed by atoms with Gasteiger partial charge in [-0.3, -0.25) is 19.7 Å². The Morgan fingerprint density at radius 2 is 1.62 bits per heavy atom. The SMILES string of the molecule is CC(C)c1ccc(CC2(CN3CC4C[C@H](C3)c3cccc(=O)n3C4)C(=O)NC(=O)N(c3ccccc3)C2=O)cc1. The molecular formula is C32H34N4O4. The van der Waals surface area contributed by atoms with Crippen molar-refractivity contribution in [1.82, 2.24) is 14.8 Å². The number of carbonyl (C=O) groups is 3. The quantitative estimate of drug-likeness (QED) is 0.481. The number of piperidine rings is 1. The summed E-state index contributed by atoms with van der Waals surface area (Å²) < 4.78 is 1.87. The molecule has 4 heterocycles. The third kappa shape index (κ3) is 4.56. The van der Waals surface area contributed by atoms with E-state index in [2.05, 4.69) is 24.1 Å². The number of likely N-dealkylation sites (tertiary alicyclic amines) is 1. The molecule has 0 aliphatic carbocycles. The van der Waals surface area contributed by atoms with Gasteiger partial charge in [-0.05, 0) is 54.0 Å². The molecule has 2 bridgehead atoms. The fourth-order valence-corrected chi connectivity index (χ4v) is 6.71. The summed E-state index contributed by atoms with van der Waals surface area (Å²) in [4.78, 5) is 57.0. The zero-order valence-corrected chi connectivity index (χ0v) is 22.9. The Kier molecular flexibility index (Phi) is 6.66. The normalized spacial score (nSPS) is 24.7. The monoisotopic (exact) mass is 538 g/mol. The molecule has 3 aliphatic rings. The third-order valence-electron chi connectivity index (χ3n) is 8.69. The molecule has 0 radical (unpaired) electrons. The Labute approximate surface area is 233 Å². The second-order valence-electron chi connectivity index (χ2n) is 11.8. The second kappa shape index (κ2) is 10.2. The molecule has 1 N–H and O–H groups in total. The zero-order chi connectivity index (χ0) is 28.0. The maximum Gasteiger partial charge on any atom is 0.335 e. The fraction of sp³-hybridized carbons (Fsp3) is 0.375. The Morgan fingerprint density at radius 3 is 2.35 bits per heavy atom. The van der Waals surface area contributed by atoms with Crippen LogP contribution in [-0.4, -0.2) is 46.9 Å². The molecule has 6 rings (SSSR count). The lowest BCUT2D eigenvalue weighted by molar-refractivity contribution is -0.144. The van der Waals surface area contributed by atoms with Gasteiger partial charge in [-0.1, -0.05) is 62.4 Å². The molecule has 40 heavy (non-hydrogen) atoms. The number of carbonyl (C=O) groups excluding carboxylic acids is 3. The number of nitrogens with zero attached hydrogens (tertiary/aromatic N) is 3. The van der Waals surface area contributed by atoms with Crippen molar-refractivity contribution in [2.24, 2.45) is 11.3 Å². The Morgan fingerprint density at radius 1 is 0.875 bits per heavy atom. The molecule has 0 saturated carbocycles. The predicted octanol–water partition coefficient (Wildman–Crippen LogP) is 3.90. The van der Waals surface area contributed by atoms with Crippen molar-refractivity contribution in [1.29, 1.82) is 0 Å². The minimum Gasteiger partial charge on any atom is -0.312 e. The van der Waals surface area contributed by atoms with E-state index in [0.717, 1.165) is 22.6 Å². The van der Waals surface area contributed by atoms with E-state index in [4.69, 9.17) is 0 Å². The average molecular weight is 539 g/mol. The van der Waals surface area contributed by atoms with Crippen LogP contribution >= 0.6 is 0 Å². The number of imide groups is 2. The minimum atomic E-state index is -1.49. The molecule has 2 saturated heterocycles.